The summed E-state index contributed by atoms with van der Waals surface area (Å²) in [6.07, 6.45) is -0.281. The first kappa shape index (κ1) is 15.0. The lowest BCUT2D eigenvalue weighted by molar-refractivity contribution is 0.00433. The second-order valence-electron chi connectivity index (χ2n) is 4.04. The molecule has 0 amide bonds. The van der Waals surface area contributed by atoms with E-state index in [0.29, 0.717) is 24.5 Å². The van der Waals surface area contributed by atoms with E-state index in [2.05, 4.69) is 15.9 Å². The zero-order chi connectivity index (χ0) is 13.7. The fourth-order valence-corrected chi connectivity index (χ4v) is 1.95. The highest BCUT2D eigenvalue weighted by atomic mass is 79.9. The van der Waals surface area contributed by atoms with Crippen molar-refractivity contribution >= 4 is 27.6 Å². The van der Waals surface area contributed by atoms with Gasteiger partial charge in [-0.1, -0.05) is 15.9 Å². The molecule has 0 radical (unpaired) electrons. The molecule has 2 N–H and O–H groups in total. The molecule has 0 bridgehead atoms. The molecule has 0 saturated carbocycles. The summed E-state index contributed by atoms with van der Waals surface area (Å²) in [5.74, 6) is -0.382. The van der Waals surface area contributed by atoms with Crippen LogP contribution in [0.2, 0.25) is 0 Å². The molecule has 0 aliphatic carbocycles. The maximum absolute atomic E-state index is 12.0. The van der Waals surface area contributed by atoms with Gasteiger partial charge in [0.15, 0.2) is 0 Å². The van der Waals surface area contributed by atoms with E-state index in [4.69, 9.17) is 15.2 Å². The van der Waals surface area contributed by atoms with E-state index >= 15 is 0 Å². The van der Waals surface area contributed by atoms with Crippen LogP contribution in [0, 0.1) is 6.92 Å². The molecular weight excluding hydrogens is 298 g/mol. The van der Waals surface area contributed by atoms with Gasteiger partial charge >= 0.3 is 5.97 Å². The van der Waals surface area contributed by atoms with E-state index in [1.54, 1.807) is 26.0 Å². The van der Waals surface area contributed by atoms with Crippen molar-refractivity contribution in [1.82, 2.24) is 0 Å². The average Bonchev–Trinajstić information content (AvgIpc) is 2.30. The van der Waals surface area contributed by atoms with E-state index in [9.17, 15) is 4.79 Å². The third-order valence-corrected chi connectivity index (χ3v) is 2.96. The van der Waals surface area contributed by atoms with Crippen molar-refractivity contribution in [2.24, 2.45) is 0 Å². The number of benzene rings is 1. The molecule has 1 atom stereocenters. The van der Waals surface area contributed by atoms with Crippen LogP contribution in [0.15, 0.2) is 16.6 Å². The Hall–Kier alpha value is -1.07. The molecule has 18 heavy (non-hydrogen) atoms. The van der Waals surface area contributed by atoms with Crippen molar-refractivity contribution in [3.63, 3.8) is 0 Å². The molecule has 0 saturated heterocycles. The van der Waals surface area contributed by atoms with Crippen LogP contribution in [0.25, 0.3) is 0 Å². The van der Waals surface area contributed by atoms with Crippen LogP contribution < -0.4 is 5.73 Å². The van der Waals surface area contributed by atoms with Gasteiger partial charge in [0.05, 0.1) is 12.2 Å². The third-order valence-electron chi connectivity index (χ3n) is 2.50. The molecule has 1 rings (SSSR count). The minimum absolute atomic E-state index is 0.281. The van der Waals surface area contributed by atoms with Gasteiger partial charge in [-0.05, 0) is 38.5 Å². The Morgan fingerprint density at radius 2 is 2.17 bits per heavy atom. The van der Waals surface area contributed by atoms with Crippen LogP contribution >= 0.6 is 15.9 Å². The predicted molar refractivity (Wildman–Crippen MR) is 74.7 cm³/mol. The van der Waals surface area contributed by atoms with E-state index in [0.717, 1.165) is 10.0 Å². The highest BCUT2D eigenvalue weighted by Gasteiger charge is 2.16. The number of carbonyl (C=O) groups is 1. The first-order valence-corrected chi connectivity index (χ1v) is 6.59. The Bertz CT molecular complexity index is 434. The molecular formula is C13H18BrNO3. The maximum atomic E-state index is 12.0. The second-order valence-corrected chi connectivity index (χ2v) is 4.96. The van der Waals surface area contributed by atoms with E-state index in [1.807, 2.05) is 6.92 Å². The molecule has 5 heteroatoms. The molecule has 1 unspecified atom stereocenters. The lowest BCUT2D eigenvalue weighted by Crippen LogP contribution is -2.21. The van der Waals surface area contributed by atoms with Crippen molar-refractivity contribution in [2.75, 3.05) is 18.9 Å². The third kappa shape index (κ3) is 3.99. The first-order valence-electron chi connectivity index (χ1n) is 5.80. The number of nitrogens with two attached hydrogens (primary N) is 1. The van der Waals surface area contributed by atoms with E-state index in [-0.39, 0.29) is 12.1 Å². The Morgan fingerprint density at radius 1 is 1.50 bits per heavy atom. The Kier molecular flexibility index (Phi) is 5.62. The summed E-state index contributed by atoms with van der Waals surface area (Å²) in [4.78, 5) is 12.0. The van der Waals surface area contributed by atoms with E-state index < -0.39 is 0 Å². The summed E-state index contributed by atoms with van der Waals surface area (Å²) in [5, 5.41) is 0. The maximum Gasteiger partial charge on any atom is 0.338 e. The van der Waals surface area contributed by atoms with Crippen LogP contribution in [-0.4, -0.2) is 25.3 Å². The fraction of sp³-hybridized carbons (Fsp3) is 0.462. The normalized spacial score (nSPS) is 12.2. The lowest BCUT2D eigenvalue weighted by atomic mass is 10.1. The van der Waals surface area contributed by atoms with Crippen molar-refractivity contribution in [3.8, 4) is 0 Å². The molecule has 1 aromatic rings. The SMILES string of the molecule is CCOCC(C)OC(=O)c1cc(Br)cc(N)c1C. The van der Waals surface area contributed by atoms with Crippen LogP contribution in [0.4, 0.5) is 5.69 Å². The smallest absolute Gasteiger partial charge is 0.338 e. The van der Waals surface area contributed by atoms with Crippen LogP contribution in [0.1, 0.15) is 29.8 Å². The minimum Gasteiger partial charge on any atom is -0.457 e. The number of carbonyl (C=O) groups excluding carboxylic acids is 1. The molecule has 100 valence electrons. The summed E-state index contributed by atoms with van der Waals surface area (Å²) in [6, 6.07) is 3.47. The second kappa shape index (κ2) is 6.75. The molecule has 4 nitrogen and oxygen atoms in total. The number of anilines is 1. The van der Waals surface area contributed by atoms with Crippen LogP contribution in [0.3, 0.4) is 0 Å². The lowest BCUT2D eigenvalue weighted by Gasteiger charge is -2.15. The van der Waals surface area contributed by atoms with Gasteiger partial charge in [0.25, 0.3) is 0 Å². The van der Waals surface area contributed by atoms with Crippen molar-refractivity contribution in [1.29, 1.82) is 0 Å². The number of esters is 1. The summed E-state index contributed by atoms with van der Waals surface area (Å²) in [5.41, 5.74) is 7.58. The van der Waals surface area contributed by atoms with Gasteiger partial charge in [-0.25, -0.2) is 4.79 Å². The van der Waals surface area contributed by atoms with Gasteiger partial charge < -0.3 is 15.2 Å². The summed E-state index contributed by atoms with van der Waals surface area (Å²) in [7, 11) is 0. The highest BCUT2D eigenvalue weighted by molar-refractivity contribution is 9.10. The van der Waals surface area contributed by atoms with Gasteiger partial charge in [0.2, 0.25) is 0 Å². The molecule has 1 aromatic carbocycles. The molecule has 0 heterocycles. The summed E-state index contributed by atoms with van der Waals surface area (Å²) >= 11 is 3.31. The summed E-state index contributed by atoms with van der Waals surface area (Å²) < 4.78 is 11.2. The van der Waals surface area contributed by atoms with Crippen molar-refractivity contribution in [3.05, 3.63) is 27.7 Å². The zero-order valence-electron chi connectivity index (χ0n) is 10.8. The predicted octanol–water partition coefficient (Wildman–Crippen LogP) is 2.92. The van der Waals surface area contributed by atoms with E-state index in [1.165, 1.54) is 0 Å². The number of rotatable bonds is 5. The standard InChI is InChI=1S/C13H18BrNO3/c1-4-17-7-8(2)18-13(16)11-5-10(14)6-12(15)9(11)3/h5-6,8H,4,7,15H2,1-3H3. The first-order chi connectivity index (χ1) is 8.45. The number of ether oxygens (including phenoxy) is 2. The topological polar surface area (TPSA) is 61.5 Å². The Labute approximate surface area is 116 Å². The quantitative estimate of drug-likeness (QED) is 0.670. The highest BCUT2D eigenvalue weighted by Crippen LogP contribution is 2.23. The number of hydrogen-bond acceptors (Lipinski definition) is 4. The molecule has 0 spiro atoms. The fourth-order valence-electron chi connectivity index (χ4n) is 1.48. The number of nitrogen functional groups attached to an aromatic ring is 1. The molecule has 0 aromatic heterocycles. The van der Waals surface area contributed by atoms with Crippen LogP contribution in [-0.2, 0) is 9.47 Å². The Morgan fingerprint density at radius 3 is 2.78 bits per heavy atom. The molecule has 0 aliphatic rings. The monoisotopic (exact) mass is 315 g/mol. The van der Waals surface area contributed by atoms with Gasteiger partial charge in [0.1, 0.15) is 6.10 Å². The summed E-state index contributed by atoms with van der Waals surface area (Å²) in [6.45, 7) is 6.49. The molecule has 0 fully saturated rings. The van der Waals surface area contributed by atoms with Gasteiger partial charge in [-0.15, -0.1) is 0 Å². The average molecular weight is 316 g/mol. The van der Waals surface area contributed by atoms with Gasteiger partial charge in [-0.3, -0.25) is 0 Å². The largest absolute Gasteiger partial charge is 0.457 e. The molecule has 0 aliphatic heterocycles. The van der Waals surface area contributed by atoms with Gasteiger partial charge in [0, 0.05) is 16.8 Å². The van der Waals surface area contributed by atoms with Crippen LogP contribution in [0.5, 0.6) is 0 Å². The zero-order valence-corrected chi connectivity index (χ0v) is 12.4. The van der Waals surface area contributed by atoms with Gasteiger partial charge in [-0.2, -0.15) is 0 Å². The number of halogens is 1. The van der Waals surface area contributed by atoms with Crippen molar-refractivity contribution in [2.45, 2.75) is 26.9 Å². The Balaban J connectivity index is 2.78. The minimum atomic E-state index is -0.382. The van der Waals surface area contributed by atoms with Crippen molar-refractivity contribution < 1.29 is 14.3 Å². The number of hydrogen-bond donors (Lipinski definition) is 1.